The molecule has 74 valence electrons. The van der Waals surface area contributed by atoms with Crippen LogP contribution in [0.15, 0.2) is 30.5 Å². The second-order valence-corrected chi connectivity index (χ2v) is 2.54. The highest BCUT2D eigenvalue weighted by molar-refractivity contribution is 5.82. The van der Waals surface area contributed by atoms with Gasteiger partial charge in [0.25, 0.3) is 0 Å². The van der Waals surface area contributed by atoms with Crippen LogP contribution in [0, 0.1) is 5.95 Å². The van der Waals surface area contributed by atoms with Crippen molar-refractivity contribution in [3.8, 4) is 5.75 Å². The first kappa shape index (κ1) is 10.4. The largest absolute Gasteiger partial charge is 0.508 e. The van der Waals surface area contributed by atoms with Gasteiger partial charge in [0.2, 0.25) is 5.95 Å². The third-order valence-corrected chi connectivity index (χ3v) is 1.67. The Kier molecular flexibility index (Phi) is 3.40. The van der Waals surface area contributed by atoms with Crippen molar-refractivity contribution in [2.45, 2.75) is 13.8 Å². The summed E-state index contributed by atoms with van der Waals surface area (Å²) in [5.41, 5.74) is 0. The van der Waals surface area contributed by atoms with E-state index in [2.05, 4.69) is 4.98 Å². The van der Waals surface area contributed by atoms with Crippen molar-refractivity contribution in [1.82, 2.24) is 4.98 Å². The molecule has 0 aliphatic carbocycles. The predicted octanol–water partition coefficient (Wildman–Crippen LogP) is 3.11. The summed E-state index contributed by atoms with van der Waals surface area (Å²) in [7, 11) is 0. The first-order chi connectivity index (χ1) is 6.75. The van der Waals surface area contributed by atoms with Gasteiger partial charge in [-0.3, -0.25) is 0 Å². The SMILES string of the molecule is CC.Oc1ccc2cc(F)ncc2c1. The van der Waals surface area contributed by atoms with E-state index in [-0.39, 0.29) is 5.75 Å². The van der Waals surface area contributed by atoms with Gasteiger partial charge in [-0.2, -0.15) is 4.39 Å². The van der Waals surface area contributed by atoms with Crippen molar-refractivity contribution < 1.29 is 9.50 Å². The fraction of sp³-hybridized carbons (Fsp3) is 0.182. The van der Waals surface area contributed by atoms with E-state index in [0.29, 0.717) is 0 Å². The quantitative estimate of drug-likeness (QED) is 0.652. The lowest BCUT2D eigenvalue weighted by Crippen LogP contribution is -1.81. The van der Waals surface area contributed by atoms with Crippen LogP contribution in [-0.4, -0.2) is 10.1 Å². The first-order valence-electron chi connectivity index (χ1n) is 4.50. The molecule has 0 fully saturated rings. The van der Waals surface area contributed by atoms with Gasteiger partial charge in [-0.25, -0.2) is 4.98 Å². The summed E-state index contributed by atoms with van der Waals surface area (Å²) >= 11 is 0. The summed E-state index contributed by atoms with van der Waals surface area (Å²) in [5.74, 6) is -0.343. The zero-order valence-electron chi connectivity index (χ0n) is 8.16. The van der Waals surface area contributed by atoms with Gasteiger partial charge in [-0.1, -0.05) is 19.9 Å². The van der Waals surface area contributed by atoms with Gasteiger partial charge < -0.3 is 5.11 Å². The number of phenols is 1. The number of benzene rings is 1. The molecule has 1 heterocycles. The number of hydrogen-bond acceptors (Lipinski definition) is 2. The molecule has 1 aromatic heterocycles. The van der Waals surface area contributed by atoms with Gasteiger partial charge in [0.05, 0.1) is 0 Å². The van der Waals surface area contributed by atoms with Crippen LogP contribution in [0.4, 0.5) is 4.39 Å². The molecule has 0 bridgehead atoms. The van der Waals surface area contributed by atoms with Crippen molar-refractivity contribution in [1.29, 1.82) is 0 Å². The number of rotatable bonds is 0. The normalized spacial score (nSPS) is 9.36. The average Bonchev–Trinajstić information content (AvgIpc) is 2.21. The Morgan fingerprint density at radius 2 is 1.86 bits per heavy atom. The first-order valence-corrected chi connectivity index (χ1v) is 4.50. The molecule has 0 saturated carbocycles. The third kappa shape index (κ3) is 2.19. The Morgan fingerprint density at radius 1 is 1.14 bits per heavy atom. The highest BCUT2D eigenvalue weighted by Gasteiger charge is 1.96. The van der Waals surface area contributed by atoms with Crippen LogP contribution in [0.3, 0.4) is 0 Å². The van der Waals surface area contributed by atoms with Gasteiger partial charge in [-0.05, 0) is 17.5 Å². The Morgan fingerprint density at radius 3 is 2.57 bits per heavy atom. The molecule has 0 radical (unpaired) electrons. The Hall–Kier alpha value is -1.64. The lowest BCUT2D eigenvalue weighted by molar-refractivity contribution is 0.476. The van der Waals surface area contributed by atoms with Gasteiger partial charge in [0.1, 0.15) is 5.75 Å². The van der Waals surface area contributed by atoms with Gasteiger partial charge >= 0.3 is 0 Å². The number of fused-ring (bicyclic) bond motifs is 1. The van der Waals surface area contributed by atoms with Crippen molar-refractivity contribution in [2.24, 2.45) is 0 Å². The lowest BCUT2D eigenvalue weighted by Gasteiger charge is -1.96. The number of hydrogen-bond donors (Lipinski definition) is 1. The fourth-order valence-corrected chi connectivity index (χ4v) is 1.10. The number of nitrogens with zero attached hydrogens (tertiary/aromatic N) is 1. The van der Waals surface area contributed by atoms with Crippen LogP contribution in [0.5, 0.6) is 5.75 Å². The van der Waals surface area contributed by atoms with Gasteiger partial charge in [0, 0.05) is 17.6 Å². The van der Waals surface area contributed by atoms with E-state index < -0.39 is 5.95 Å². The molecule has 0 saturated heterocycles. The molecule has 1 N–H and O–H groups in total. The summed E-state index contributed by atoms with van der Waals surface area (Å²) in [4.78, 5) is 3.47. The number of halogens is 1. The Labute approximate surface area is 82.0 Å². The topological polar surface area (TPSA) is 33.1 Å². The van der Waals surface area contributed by atoms with Crippen LogP contribution in [-0.2, 0) is 0 Å². The van der Waals surface area contributed by atoms with Crippen LogP contribution < -0.4 is 0 Å². The molecule has 3 heteroatoms. The minimum Gasteiger partial charge on any atom is -0.508 e. The number of aromatic hydroxyl groups is 1. The molecule has 2 nitrogen and oxygen atoms in total. The minimum atomic E-state index is -0.506. The van der Waals surface area contributed by atoms with E-state index in [9.17, 15) is 4.39 Å². The molecule has 14 heavy (non-hydrogen) atoms. The molecule has 2 aromatic rings. The van der Waals surface area contributed by atoms with E-state index in [1.54, 1.807) is 12.1 Å². The van der Waals surface area contributed by atoms with Gasteiger partial charge in [0.15, 0.2) is 0 Å². The Bertz CT molecular complexity index is 387. The molecular formula is C11H12FNO. The minimum absolute atomic E-state index is 0.163. The number of phenolic OH excluding ortho intramolecular Hbond substituents is 1. The zero-order valence-corrected chi connectivity index (χ0v) is 8.16. The molecular weight excluding hydrogens is 181 g/mol. The predicted molar refractivity (Wildman–Crippen MR) is 54.7 cm³/mol. The van der Waals surface area contributed by atoms with E-state index in [1.807, 2.05) is 13.8 Å². The summed E-state index contributed by atoms with van der Waals surface area (Å²) in [6, 6.07) is 6.04. The maximum Gasteiger partial charge on any atom is 0.213 e. The van der Waals surface area contributed by atoms with Gasteiger partial charge in [-0.15, -0.1) is 0 Å². The molecule has 0 amide bonds. The molecule has 1 aromatic carbocycles. The molecule has 0 aliphatic heterocycles. The smallest absolute Gasteiger partial charge is 0.213 e. The second kappa shape index (κ2) is 4.56. The van der Waals surface area contributed by atoms with Crippen LogP contribution in [0.1, 0.15) is 13.8 Å². The molecule has 0 atom stereocenters. The van der Waals surface area contributed by atoms with Crippen molar-refractivity contribution in [3.63, 3.8) is 0 Å². The molecule has 0 spiro atoms. The van der Waals surface area contributed by atoms with Crippen molar-refractivity contribution in [2.75, 3.05) is 0 Å². The summed E-state index contributed by atoms with van der Waals surface area (Å²) in [5, 5.41) is 10.5. The molecule has 0 unspecified atom stereocenters. The summed E-state index contributed by atoms with van der Waals surface area (Å²) in [6.45, 7) is 4.00. The van der Waals surface area contributed by atoms with Crippen molar-refractivity contribution in [3.05, 3.63) is 36.4 Å². The van der Waals surface area contributed by atoms with E-state index in [1.165, 1.54) is 18.3 Å². The highest BCUT2D eigenvalue weighted by atomic mass is 19.1. The van der Waals surface area contributed by atoms with E-state index >= 15 is 0 Å². The molecule has 2 rings (SSSR count). The average molecular weight is 193 g/mol. The zero-order chi connectivity index (χ0) is 10.6. The lowest BCUT2D eigenvalue weighted by atomic mass is 10.2. The van der Waals surface area contributed by atoms with Crippen LogP contribution in [0.2, 0.25) is 0 Å². The fourth-order valence-electron chi connectivity index (χ4n) is 1.10. The maximum absolute atomic E-state index is 12.6. The standard InChI is InChI=1S/C9H6FNO.C2H6/c10-9-4-6-1-2-8(12)3-7(6)5-11-9;1-2/h1-5,12H;1-2H3. The maximum atomic E-state index is 12.6. The van der Waals surface area contributed by atoms with Crippen LogP contribution in [0.25, 0.3) is 10.8 Å². The highest BCUT2D eigenvalue weighted by Crippen LogP contribution is 2.18. The number of pyridine rings is 1. The second-order valence-electron chi connectivity index (χ2n) is 2.54. The van der Waals surface area contributed by atoms with Crippen LogP contribution >= 0.6 is 0 Å². The summed E-state index contributed by atoms with van der Waals surface area (Å²) in [6.07, 6.45) is 1.39. The van der Waals surface area contributed by atoms with Crippen molar-refractivity contribution >= 4 is 10.8 Å². The number of aromatic nitrogens is 1. The van der Waals surface area contributed by atoms with E-state index in [0.717, 1.165) is 10.8 Å². The Balaban J connectivity index is 0.000000461. The third-order valence-electron chi connectivity index (χ3n) is 1.67. The van der Waals surface area contributed by atoms with E-state index in [4.69, 9.17) is 5.11 Å². The monoisotopic (exact) mass is 193 g/mol. The summed E-state index contributed by atoms with van der Waals surface area (Å²) < 4.78 is 12.6. The molecule has 0 aliphatic rings.